The summed E-state index contributed by atoms with van der Waals surface area (Å²) in [5.74, 6) is -1.59. The van der Waals surface area contributed by atoms with Crippen LogP contribution in [0.1, 0.15) is 46.0 Å². The number of fused-ring (bicyclic) bond motifs is 2. The largest absolute Gasteiger partial charge is 0.408 e. The number of aliphatic hydroxyl groups excluding tert-OH is 1. The summed E-state index contributed by atoms with van der Waals surface area (Å²) in [4.78, 5) is 31.0. The van der Waals surface area contributed by atoms with Crippen LogP contribution in [-0.2, 0) is 16.6 Å². The standard InChI is InChI=1S/C23H24F3N7O5S/c1-10(23(24,25)26)32-9-12-5-11(6-16(17(12)22(32)36)31-39(2,37)38)15-3-4-33-20(29-15)18(19(27)30-33)21(35)28-13-7-14(34)8-13/h3-6,10,13-14,31,34H,7-9H2,1-2H3,(H2,27,30)(H,28,35)/t10?,13-,14-. The number of carbonyl (C=O) groups is 2. The number of sulfonamides is 1. The van der Waals surface area contributed by atoms with Crippen molar-refractivity contribution in [1.82, 2.24) is 24.8 Å². The van der Waals surface area contributed by atoms with Gasteiger partial charge in [-0.1, -0.05) is 0 Å². The van der Waals surface area contributed by atoms with E-state index >= 15 is 0 Å². The third-order valence-electron chi connectivity index (χ3n) is 6.76. The van der Waals surface area contributed by atoms with Gasteiger partial charge in [0, 0.05) is 24.3 Å². The number of halogens is 3. The fourth-order valence-electron chi connectivity index (χ4n) is 4.68. The summed E-state index contributed by atoms with van der Waals surface area (Å²) in [6.07, 6.45) is -2.05. The SMILES string of the molecule is CC(N1Cc2cc(-c3ccn4nc(N)c(C(=O)N[C@H]5C[C@H](O)C5)c4n3)cc(NS(C)(=O)=O)c2C1=O)C(F)(F)F. The Labute approximate surface area is 220 Å². The molecule has 1 fully saturated rings. The van der Waals surface area contributed by atoms with Gasteiger partial charge in [0.1, 0.15) is 11.6 Å². The van der Waals surface area contributed by atoms with Gasteiger partial charge < -0.3 is 21.1 Å². The van der Waals surface area contributed by atoms with Crippen molar-refractivity contribution in [2.45, 2.75) is 50.7 Å². The maximum absolute atomic E-state index is 13.4. The average molecular weight is 568 g/mol. The van der Waals surface area contributed by atoms with Gasteiger partial charge >= 0.3 is 6.18 Å². The zero-order valence-corrected chi connectivity index (χ0v) is 21.5. The molecule has 5 N–H and O–H groups in total. The molecule has 0 spiro atoms. The van der Waals surface area contributed by atoms with E-state index < -0.39 is 46.7 Å². The number of hydrogen-bond acceptors (Lipinski definition) is 8. The first-order valence-corrected chi connectivity index (χ1v) is 13.7. The van der Waals surface area contributed by atoms with E-state index in [1.807, 2.05) is 0 Å². The van der Waals surface area contributed by atoms with Crippen LogP contribution < -0.4 is 15.8 Å². The highest BCUT2D eigenvalue weighted by atomic mass is 32.2. The van der Waals surface area contributed by atoms with Gasteiger partial charge in [-0.3, -0.25) is 14.3 Å². The highest BCUT2D eigenvalue weighted by Crippen LogP contribution is 2.38. The van der Waals surface area contributed by atoms with E-state index in [-0.39, 0.29) is 51.1 Å². The van der Waals surface area contributed by atoms with Gasteiger partial charge in [-0.2, -0.15) is 13.2 Å². The maximum atomic E-state index is 13.4. The topological polar surface area (TPSA) is 172 Å². The lowest BCUT2D eigenvalue weighted by Crippen LogP contribution is -2.46. The fourth-order valence-corrected chi connectivity index (χ4v) is 5.24. The Morgan fingerprint density at radius 2 is 1.97 bits per heavy atom. The molecular formula is C23H24F3N7O5S. The van der Waals surface area contributed by atoms with Crippen LogP contribution in [0.2, 0.25) is 0 Å². The Balaban J connectivity index is 1.57. The third-order valence-corrected chi connectivity index (χ3v) is 7.35. The summed E-state index contributed by atoms with van der Waals surface area (Å²) in [6.45, 7) is 0.453. The quantitative estimate of drug-likeness (QED) is 0.347. The molecule has 5 rings (SSSR count). The van der Waals surface area contributed by atoms with E-state index in [0.29, 0.717) is 17.7 Å². The summed E-state index contributed by atoms with van der Waals surface area (Å²) < 4.78 is 67.8. The van der Waals surface area contributed by atoms with Gasteiger partial charge in [0.2, 0.25) is 10.0 Å². The fraction of sp³-hybridized carbons (Fsp3) is 0.391. The number of nitrogen functional groups attached to an aromatic ring is 1. The minimum atomic E-state index is -4.69. The molecule has 208 valence electrons. The van der Waals surface area contributed by atoms with Gasteiger partial charge in [0.15, 0.2) is 11.5 Å². The van der Waals surface area contributed by atoms with Gasteiger partial charge in [0.05, 0.1) is 29.3 Å². The van der Waals surface area contributed by atoms with Crippen LogP contribution in [0.5, 0.6) is 0 Å². The monoisotopic (exact) mass is 567 g/mol. The molecule has 0 radical (unpaired) electrons. The Bertz CT molecular complexity index is 1620. The first-order chi connectivity index (χ1) is 18.1. The number of nitrogens with one attached hydrogen (secondary N) is 2. The molecule has 1 aliphatic heterocycles. The van der Waals surface area contributed by atoms with Crippen molar-refractivity contribution >= 4 is 39.0 Å². The molecule has 3 heterocycles. The molecule has 0 bridgehead atoms. The molecule has 2 amide bonds. The molecule has 0 saturated heterocycles. The third kappa shape index (κ3) is 4.96. The molecule has 1 aliphatic carbocycles. The second-order valence-corrected chi connectivity index (χ2v) is 11.5. The van der Waals surface area contributed by atoms with Crippen molar-refractivity contribution in [1.29, 1.82) is 0 Å². The van der Waals surface area contributed by atoms with E-state index in [1.54, 1.807) is 0 Å². The van der Waals surface area contributed by atoms with Crippen LogP contribution in [0, 0.1) is 0 Å². The molecule has 1 saturated carbocycles. The van der Waals surface area contributed by atoms with Gasteiger partial charge in [0.25, 0.3) is 11.8 Å². The van der Waals surface area contributed by atoms with Crippen LogP contribution in [0.4, 0.5) is 24.7 Å². The van der Waals surface area contributed by atoms with E-state index in [1.165, 1.54) is 28.9 Å². The smallest absolute Gasteiger partial charge is 0.393 e. The van der Waals surface area contributed by atoms with E-state index in [0.717, 1.165) is 13.2 Å². The van der Waals surface area contributed by atoms with Crippen LogP contribution in [-0.4, -0.2) is 75.5 Å². The molecule has 39 heavy (non-hydrogen) atoms. The lowest BCUT2D eigenvalue weighted by Gasteiger charge is -2.31. The molecular weight excluding hydrogens is 543 g/mol. The second-order valence-electron chi connectivity index (χ2n) is 9.72. The van der Waals surface area contributed by atoms with Crippen LogP contribution in [0.25, 0.3) is 16.9 Å². The summed E-state index contributed by atoms with van der Waals surface area (Å²) in [5, 5.41) is 16.3. The molecule has 1 aromatic carbocycles. The molecule has 2 aliphatic rings. The number of aliphatic hydroxyl groups is 1. The number of carbonyl (C=O) groups excluding carboxylic acids is 2. The molecule has 1 atom stereocenters. The molecule has 1 unspecified atom stereocenters. The van der Waals surface area contributed by atoms with E-state index in [4.69, 9.17) is 5.73 Å². The first kappa shape index (κ1) is 26.7. The van der Waals surface area contributed by atoms with Crippen LogP contribution in [0.3, 0.4) is 0 Å². The number of anilines is 2. The number of nitrogens with two attached hydrogens (primary N) is 1. The minimum Gasteiger partial charge on any atom is -0.393 e. The Kier molecular flexibility index (Phi) is 6.21. The predicted molar refractivity (Wildman–Crippen MR) is 133 cm³/mol. The number of aromatic nitrogens is 3. The molecule has 16 heteroatoms. The Morgan fingerprint density at radius 1 is 1.28 bits per heavy atom. The average Bonchev–Trinajstić information content (AvgIpc) is 3.31. The zero-order valence-electron chi connectivity index (χ0n) is 20.7. The van der Waals surface area contributed by atoms with Crippen LogP contribution >= 0.6 is 0 Å². The van der Waals surface area contributed by atoms with Crippen molar-refractivity contribution in [2.24, 2.45) is 0 Å². The van der Waals surface area contributed by atoms with Gasteiger partial charge in [-0.25, -0.2) is 17.9 Å². The summed E-state index contributed by atoms with van der Waals surface area (Å²) in [6, 6.07) is 1.92. The number of alkyl halides is 3. The number of rotatable bonds is 6. The Hall–Kier alpha value is -3.92. The Morgan fingerprint density at radius 3 is 2.59 bits per heavy atom. The lowest BCUT2D eigenvalue weighted by atomic mass is 9.89. The van der Waals surface area contributed by atoms with E-state index in [2.05, 4.69) is 20.1 Å². The van der Waals surface area contributed by atoms with Gasteiger partial charge in [-0.15, -0.1) is 5.10 Å². The molecule has 3 aromatic rings. The summed E-state index contributed by atoms with van der Waals surface area (Å²) in [7, 11) is -3.91. The van der Waals surface area contributed by atoms with Crippen molar-refractivity contribution in [3.05, 3.63) is 41.1 Å². The van der Waals surface area contributed by atoms with Crippen molar-refractivity contribution < 1.29 is 36.3 Å². The first-order valence-electron chi connectivity index (χ1n) is 11.8. The zero-order chi connectivity index (χ0) is 28.4. The second kappa shape index (κ2) is 9.08. The van der Waals surface area contributed by atoms with Crippen molar-refractivity contribution in [3.8, 4) is 11.3 Å². The van der Waals surface area contributed by atoms with E-state index in [9.17, 15) is 36.3 Å². The highest BCUT2D eigenvalue weighted by molar-refractivity contribution is 7.92. The predicted octanol–water partition coefficient (Wildman–Crippen LogP) is 1.51. The lowest BCUT2D eigenvalue weighted by molar-refractivity contribution is -0.172. The highest BCUT2D eigenvalue weighted by Gasteiger charge is 2.46. The minimum absolute atomic E-state index is 0.00533. The number of amides is 2. The molecule has 12 nitrogen and oxygen atoms in total. The van der Waals surface area contributed by atoms with Crippen molar-refractivity contribution in [3.63, 3.8) is 0 Å². The number of nitrogens with zero attached hydrogens (tertiary/aromatic N) is 4. The maximum Gasteiger partial charge on any atom is 0.408 e. The molecule has 2 aromatic heterocycles. The van der Waals surface area contributed by atoms with Crippen molar-refractivity contribution in [2.75, 3.05) is 16.7 Å². The normalized spacial score (nSPS) is 20.1. The summed E-state index contributed by atoms with van der Waals surface area (Å²) >= 11 is 0. The van der Waals surface area contributed by atoms with Crippen LogP contribution in [0.15, 0.2) is 24.4 Å². The van der Waals surface area contributed by atoms with Gasteiger partial charge in [-0.05, 0) is 43.5 Å². The summed E-state index contributed by atoms with van der Waals surface area (Å²) in [5.41, 5.74) is 6.37. The number of benzene rings is 1. The number of hydrogen-bond donors (Lipinski definition) is 4.